The maximum Gasteiger partial charge on any atom is 0.317 e. The molecule has 28 heavy (non-hydrogen) atoms. The number of carbonyl (C=O) groups is 1. The van der Waals surface area contributed by atoms with Crippen molar-refractivity contribution >= 4 is 6.03 Å². The van der Waals surface area contributed by atoms with E-state index in [1.807, 2.05) is 17.0 Å². The zero-order valence-electron chi connectivity index (χ0n) is 17.3. The predicted molar refractivity (Wildman–Crippen MR) is 108 cm³/mol. The fourth-order valence-electron chi connectivity index (χ4n) is 4.11. The summed E-state index contributed by atoms with van der Waals surface area (Å²) in [4.78, 5) is 16.8. The second kappa shape index (κ2) is 9.87. The Kier molecular flexibility index (Phi) is 7.25. The van der Waals surface area contributed by atoms with Crippen LogP contribution in [0.2, 0.25) is 0 Å². The van der Waals surface area contributed by atoms with Crippen molar-refractivity contribution < 1.29 is 19.0 Å². The first-order valence-electron chi connectivity index (χ1n) is 10.2. The van der Waals surface area contributed by atoms with Gasteiger partial charge >= 0.3 is 6.03 Å². The number of benzene rings is 1. The average molecular weight is 392 g/mol. The number of hydrogen-bond acceptors (Lipinski definition) is 5. The van der Waals surface area contributed by atoms with Gasteiger partial charge in [-0.2, -0.15) is 0 Å². The van der Waals surface area contributed by atoms with E-state index in [2.05, 4.69) is 10.2 Å². The molecule has 0 radical (unpaired) electrons. The minimum Gasteiger partial charge on any atom is -0.493 e. The molecule has 1 aliphatic heterocycles. The molecule has 156 valence electrons. The molecule has 1 aliphatic carbocycles. The second-order valence-electron chi connectivity index (χ2n) is 7.58. The van der Waals surface area contributed by atoms with Gasteiger partial charge in [0, 0.05) is 38.8 Å². The molecule has 1 aromatic carbocycles. The lowest BCUT2D eigenvalue weighted by molar-refractivity contribution is 0.131. The Bertz CT molecular complexity index is 628. The van der Waals surface area contributed by atoms with Gasteiger partial charge < -0.3 is 24.4 Å². The van der Waals surface area contributed by atoms with Crippen LogP contribution in [0.15, 0.2) is 12.1 Å². The van der Waals surface area contributed by atoms with Crippen LogP contribution in [-0.4, -0.2) is 69.4 Å². The van der Waals surface area contributed by atoms with Gasteiger partial charge in [0.15, 0.2) is 11.5 Å². The molecule has 0 bridgehead atoms. The highest BCUT2D eigenvalue weighted by Crippen LogP contribution is 2.38. The van der Waals surface area contributed by atoms with Crippen LogP contribution in [0.4, 0.5) is 4.79 Å². The Labute approximate surface area is 167 Å². The van der Waals surface area contributed by atoms with Crippen LogP contribution in [-0.2, 0) is 6.54 Å². The third kappa shape index (κ3) is 5.01. The summed E-state index contributed by atoms with van der Waals surface area (Å²) in [6.45, 7) is 4.00. The van der Waals surface area contributed by atoms with Crippen LogP contribution in [0, 0.1) is 0 Å². The quantitative estimate of drug-likeness (QED) is 0.808. The Hall–Kier alpha value is -2.15. The summed E-state index contributed by atoms with van der Waals surface area (Å²) in [6, 6.07) is 4.44. The van der Waals surface area contributed by atoms with E-state index in [9.17, 15) is 4.79 Å². The van der Waals surface area contributed by atoms with E-state index < -0.39 is 0 Å². The number of rotatable bonds is 6. The molecule has 1 aromatic rings. The Morgan fingerprint density at radius 2 is 1.57 bits per heavy atom. The van der Waals surface area contributed by atoms with Crippen molar-refractivity contribution in [3.8, 4) is 17.2 Å². The fourth-order valence-corrected chi connectivity index (χ4v) is 4.11. The summed E-state index contributed by atoms with van der Waals surface area (Å²) in [7, 11) is 4.87. The van der Waals surface area contributed by atoms with Gasteiger partial charge in [0.05, 0.1) is 21.3 Å². The lowest BCUT2D eigenvalue weighted by atomic mass is 9.96. The zero-order valence-corrected chi connectivity index (χ0v) is 17.3. The second-order valence-corrected chi connectivity index (χ2v) is 7.58. The van der Waals surface area contributed by atoms with Gasteiger partial charge in [-0.1, -0.05) is 19.3 Å². The first-order valence-corrected chi connectivity index (χ1v) is 10.2. The molecule has 0 spiro atoms. The molecule has 7 heteroatoms. The molecule has 2 aliphatic rings. The number of nitrogens with zero attached hydrogens (tertiary/aromatic N) is 2. The molecule has 1 N–H and O–H groups in total. The minimum absolute atomic E-state index is 0.0966. The lowest BCUT2D eigenvalue weighted by Crippen LogP contribution is -2.53. The smallest absolute Gasteiger partial charge is 0.317 e. The average Bonchev–Trinajstić information content (AvgIpc) is 2.74. The fraction of sp³-hybridized carbons (Fsp3) is 0.667. The summed E-state index contributed by atoms with van der Waals surface area (Å²) in [5.74, 6) is 1.95. The van der Waals surface area contributed by atoms with Crippen molar-refractivity contribution in [1.82, 2.24) is 15.1 Å². The van der Waals surface area contributed by atoms with E-state index in [1.165, 1.54) is 19.3 Å². The Balaban J connectivity index is 1.53. The van der Waals surface area contributed by atoms with E-state index in [4.69, 9.17) is 14.2 Å². The van der Waals surface area contributed by atoms with Gasteiger partial charge in [-0.15, -0.1) is 0 Å². The SMILES string of the molecule is COc1cc(CN2CCN(C(=O)NC3CCCCC3)CC2)cc(OC)c1OC. The molecule has 7 nitrogen and oxygen atoms in total. The zero-order chi connectivity index (χ0) is 19.9. The molecule has 0 atom stereocenters. The van der Waals surface area contributed by atoms with Crippen LogP contribution in [0.25, 0.3) is 0 Å². The summed E-state index contributed by atoms with van der Waals surface area (Å²) >= 11 is 0. The number of ether oxygens (including phenoxy) is 3. The number of hydrogen-bond donors (Lipinski definition) is 1. The summed E-state index contributed by atoms with van der Waals surface area (Å²) in [5.41, 5.74) is 1.11. The summed E-state index contributed by atoms with van der Waals surface area (Å²) in [5, 5.41) is 3.22. The van der Waals surface area contributed by atoms with Crippen molar-refractivity contribution in [1.29, 1.82) is 0 Å². The molecule has 0 unspecified atom stereocenters. The topological polar surface area (TPSA) is 63.3 Å². The van der Waals surface area contributed by atoms with E-state index >= 15 is 0 Å². The molecule has 2 fully saturated rings. The Morgan fingerprint density at radius 3 is 2.11 bits per heavy atom. The normalized spacial score (nSPS) is 18.6. The number of nitrogens with one attached hydrogen (secondary N) is 1. The molecular formula is C21H33N3O4. The molecule has 3 rings (SSSR count). The van der Waals surface area contributed by atoms with Crippen LogP contribution in [0.1, 0.15) is 37.7 Å². The van der Waals surface area contributed by atoms with Gasteiger partial charge in [-0.05, 0) is 30.5 Å². The van der Waals surface area contributed by atoms with Crippen LogP contribution in [0.3, 0.4) is 0 Å². The molecule has 2 amide bonds. The first-order chi connectivity index (χ1) is 13.6. The molecular weight excluding hydrogens is 358 g/mol. The largest absolute Gasteiger partial charge is 0.493 e. The van der Waals surface area contributed by atoms with Gasteiger partial charge in [0.25, 0.3) is 0 Å². The molecule has 1 heterocycles. The van der Waals surface area contributed by atoms with Crippen molar-refractivity contribution in [2.75, 3.05) is 47.5 Å². The van der Waals surface area contributed by atoms with Gasteiger partial charge in [-0.25, -0.2) is 4.79 Å². The minimum atomic E-state index is 0.0966. The van der Waals surface area contributed by atoms with Crippen molar-refractivity contribution in [3.05, 3.63) is 17.7 Å². The molecule has 1 saturated carbocycles. The Morgan fingerprint density at radius 1 is 0.964 bits per heavy atom. The number of amides is 2. The van der Waals surface area contributed by atoms with Gasteiger partial charge in [0.2, 0.25) is 5.75 Å². The third-order valence-corrected chi connectivity index (χ3v) is 5.72. The van der Waals surface area contributed by atoms with Crippen LogP contribution >= 0.6 is 0 Å². The van der Waals surface area contributed by atoms with E-state index in [0.717, 1.165) is 51.1 Å². The highest BCUT2D eigenvalue weighted by atomic mass is 16.5. The molecule has 1 saturated heterocycles. The van der Waals surface area contributed by atoms with E-state index in [0.29, 0.717) is 23.3 Å². The highest BCUT2D eigenvalue weighted by Gasteiger charge is 2.24. The van der Waals surface area contributed by atoms with Crippen molar-refractivity contribution in [2.45, 2.75) is 44.7 Å². The van der Waals surface area contributed by atoms with E-state index in [1.54, 1.807) is 21.3 Å². The number of methoxy groups -OCH3 is 3. The highest BCUT2D eigenvalue weighted by molar-refractivity contribution is 5.74. The van der Waals surface area contributed by atoms with Gasteiger partial charge in [-0.3, -0.25) is 4.90 Å². The first kappa shape index (κ1) is 20.6. The standard InChI is InChI=1S/C21H33N3O4/c1-26-18-13-16(14-19(27-2)20(18)28-3)15-23-9-11-24(12-10-23)21(25)22-17-7-5-4-6-8-17/h13-14,17H,4-12,15H2,1-3H3,(H,22,25). The van der Waals surface area contributed by atoms with Gasteiger partial charge in [0.1, 0.15) is 0 Å². The van der Waals surface area contributed by atoms with E-state index in [-0.39, 0.29) is 6.03 Å². The molecule has 0 aromatic heterocycles. The number of carbonyl (C=O) groups excluding carboxylic acids is 1. The van der Waals surface area contributed by atoms with Crippen molar-refractivity contribution in [3.63, 3.8) is 0 Å². The van der Waals surface area contributed by atoms with Crippen LogP contribution < -0.4 is 19.5 Å². The van der Waals surface area contributed by atoms with Crippen LogP contribution in [0.5, 0.6) is 17.2 Å². The maximum atomic E-state index is 12.5. The summed E-state index contributed by atoms with van der Waals surface area (Å²) in [6.07, 6.45) is 5.99. The predicted octanol–water partition coefficient (Wildman–Crippen LogP) is 2.87. The maximum absolute atomic E-state index is 12.5. The number of urea groups is 1. The monoisotopic (exact) mass is 391 g/mol. The lowest BCUT2D eigenvalue weighted by Gasteiger charge is -2.36. The number of piperazine rings is 1. The third-order valence-electron chi connectivity index (χ3n) is 5.72. The summed E-state index contributed by atoms with van der Waals surface area (Å²) < 4.78 is 16.3. The van der Waals surface area contributed by atoms with Crippen molar-refractivity contribution in [2.24, 2.45) is 0 Å².